The van der Waals surface area contributed by atoms with Crippen molar-refractivity contribution in [2.24, 2.45) is 0 Å². The van der Waals surface area contributed by atoms with Gasteiger partial charge in [0.15, 0.2) is 17.4 Å². The molecule has 0 atom stereocenters. The molecule has 3 nitrogen and oxygen atoms in total. The Morgan fingerprint density at radius 2 is 2.05 bits per heavy atom. The summed E-state index contributed by atoms with van der Waals surface area (Å²) in [6, 6.07) is 5.98. The minimum absolute atomic E-state index is 0.0306. The predicted molar refractivity (Wildman–Crippen MR) is 72.8 cm³/mol. The van der Waals surface area contributed by atoms with E-state index in [1.807, 2.05) is 6.92 Å². The lowest BCUT2D eigenvalue weighted by atomic mass is 10.2. The van der Waals surface area contributed by atoms with Crippen molar-refractivity contribution in [2.45, 2.75) is 20.4 Å². The number of rotatable bonds is 5. The highest BCUT2D eigenvalue weighted by atomic mass is 19.1. The lowest BCUT2D eigenvalue weighted by Gasteiger charge is -2.10. The van der Waals surface area contributed by atoms with Gasteiger partial charge in [0, 0.05) is 18.3 Å². The fourth-order valence-electron chi connectivity index (χ4n) is 1.72. The molecule has 1 aromatic carbocycles. The number of ether oxygens (including phenoxy) is 1. The van der Waals surface area contributed by atoms with Crippen molar-refractivity contribution < 1.29 is 13.5 Å². The van der Waals surface area contributed by atoms with Crippen LogP contribution in [0.3, 0.4) is 0 Å². The van der Waals surface area contributed by atoms with Crippen molar-refractivity contribution in [3.8, 4) is 11.6 Å². The second kappa shape index (κ2) is 6.43. The summed E-state index contributed by atoms with van der Waals surface area (Å²) in [4.78, 5) is 3.82. The molecule has 0 bridgehead atoms. The number of hydrogen-bond acceptors (Lipinski definition) is 3. The third-order valence-corrected chi connectivity index (χ3v) is 2.80. The van der Waals surface area contributed by atoms with Gasteiger partial charge in [0.2, 0.25) is 0 Å². The second-order valence-electron chi connectivity index (χ2n) is 4.41. The van der Waals surface area contributed by atoms with Gasteiger partial charge in [-0.25, -0.2) is 13.8 Å². The highest BCUT2D eigenvalue weighted by Crippen LogP contribution is 2.27. The van der Waals surface area contributed by atoms with Gasteiger partial charge in [-0.2, -0.15) is 0 Å². The molecule has 0 saturated carbocycles. The summed E-state index contributed by atoms with van der Waals surface area (Å²) in [6.45, 7) is 4.83. The number of aromatic nitrogens is 1. The molecule has 106 valence electrons. The summed E-state index contributed by atoms with van der Waals surface area (Å²) in [5.41, 5.74) is 1.26. The number of hydrogen-bond donors (Lipinski definition) is 1. The van der Waals surface area contributed by atoms with Crippen LogP contribution in [0.2, 0.25) is 0 Å². The van der Waals surface area contributed by atoms with E-state index < -0.39 is 11.6 Å². The van der Waals surface area contributed by atoms with Crippen LogP contribution in [0.5, 0.6) is 11.6 Å². The molecule has 0 fully saturated rings. The second-order valence-corrected chi connectivity index (χ2v) is 4.41. The van der Waals surface area contributed by atoms with Crippen LogP contribution in [-0.4, -0.2) is 11.5 Å². The van der Waals surface area contributed by atoms with Gasteiger partial charge in [0.05, 0.1) is 0 Å². The molecule has 2 aromatic rings. The van der Waals surface area contributed by atoms with Crippen molar-refractivity contribution in [2.75, 3.05) is 6.54 Å². The zero-order chi connectivity index (χ0) is 14.5. The molecular weight excluding hydrogens is 262 g/mol. The third kappa shape index (κ3) is 3.30. The van der Waals surface area contributed by atoms with Crippen LogP contribution in [0.25, 0.3) is 0 Å². The summed E-state index contributed by atoms with van der Waals surface area (Å²) in [7, 11) is 0. The van der Waals surface area contributed by atoms with Crippen LogP contribution < -0.4 is 10.1 Å². The van der Waals surface area contributed by atoms with E-state index >= 15 is 0 Å². The van der Waals surface area contributed by atoms with Gasteiger partial charge in [-0.05, 0) is 37.2 Å². The minimum atomic E-state index is -0.575. The van der Waals surface area contributed by atoms with Crippen molar-refractivity contribution in [1.29, 1.82) is 0 Å². The molecule has 1 aromatic heterocycles. The maximum atomic E-state index is 14.2. The standard InChI is InChI=1S/C15H16F2N2O/c1-3-18-9-11-6-7-19-15(14(11)17)20-13-8-10(2)4-5-12(13)16/h4-8,18H,3,9H2,1-2H3. The molecule has 0 radical (unpaired) electrons. The fraction of sp³-hybridized carbons (Fsp3) is 0.267. The van der Waals surface area contributed by atoms with Gasteiger partial charge >= 0.3 is 0 Å². The van der Waals surface area contributed by atoms with Gasteiger partial charge in [-0.15, -0.1) is 0 Å². The Kier molecular flexibility index (Phi) is 4.63. The number of aryl methyl sites for hydroxylation is 1. The van der Waals surface area contributed by atoms with E-state index in [0.29, 0.717) is 12.1 Å². The molecule has 0 saturated heterocycles. The van der Waals surface area contributed by atoms with Gasteiger partial charge in [-0.1, -0.05) is 13.0 Å². The smallest absolute Gasteiger partial charge is 0.256 e. The molecule has 0 aliphatic rings. The Labute approximate surface area is 116 Å². The summed E-state index contributed by atoms with van der Waals surface area (Å²) >= 11 is 0. The lowest BCUT2D eigenvalue weighted by molar-refractivity contribution is 0.394. The van der Waals surface area contributed by atoms with E-state index in [0.717, 1.165) is 12.1 Å². The number of nitrogens with one attached hydrogen (secondary N) is 1. The maximum absolute atomic E-state index is 14.2. The molecule has 1 N–H and O–H groups in total. The molecule has 20 heavy (non-hydrogen) atoms. The summed E-state index contributed by atoms with van der Waals surface area (Å²) < 4.78 is 33.0. The SMILES string of the molecule is CCNCc1ccnc(Oc2cc(C)ccc2F)c1F. The molecule has 0 aliphatic heterocycles. The van der Waals surface area contributed by atoms with E-state index in [4.69, 9.17) is 4.74 Å². The first kappa shape index (κ1) is 14.4. The first-order valence-electron chi connectivity index (χ1n) is 6.40. The summed E-state index contributed by atoms with van der Waals surface area (Å²) in [6.07, 6.45) is 1.44. The largest absolute Gasteiger partial charge is 0.433 e. The Hall–Kier alpha value is -2.01. The molecule has 0 unspecified atom stereocenters. The van der Waals surface area contributed by atoms with E-state index in [-0.39, 0.29) is 11.6 Å². The van der Waals surface area contributed by atoms with E-state index in [2.05, 4.69) is 10.3 Å². The average Bonchev–Trinajstić information content (AvgIpc) is 2.44. The molecule has 0 amide bonds. The van der Waals surface area contributed by atoms with Crippen molar-refractivity contribution in [3.63, 3.8) is 0 Å². The minimum Gasteiger partial charge on any atom is -0.433 e. The molecule has 0 aliphatic carbocycles. The van der Waals surface area contributed by atoms with Crippen LogP contribution in [0.1, 0.15) is 18.1 Å². The van der Waals surface area contributed by atoms with E-state index in [1.165, 1.54) is 18.3 Å². The fourth-order valence-corrected chi connectivity index (χ4v) is 1.72. The first-order chi connectivity index (χ1) is 9.61. The Bertz CT molecular complexity index is 602. The van der Waals surface area contributed by atoms with Crippen LogP contribution in [0.15, 0.2) is 30.5 Å². The monoisotopic (exact) mass is 278 g/mol. The zero-order valence-electron chi connectivity index (χ0n) is 11.4. The third-order valence-electron chi connectivity index (χ3n) is 2.80. The zero-order valence-corrected chi connectivity index (χ0v) is 11.4. The van der Waals surface area contributed by atoms with Gasteiger partial charge in [0.1, 0.15) is 0 Å². The van der Waals surface area contributed by atoms with E-state index in [9.17, 15) is 8.78 Å². The predicted octanol–water partition coefficient (Wildman–Crippen LogP) is 3.57. The van der Waals surface area contributed by atoms with Gasteiger partial charge in [-0.3, -0.25) is 0 Å². The Balaban J connectivity index is 2.27. The molecule has 1 heterocycles. The highest BCUT2D eigenvalue weighted by Gasteiger charge is 2.13. The van der Waals surface area contributed by atoms with E-state index in [1.54, 1.807) is 19.1 Å². The lowest BCUT2D eigenvalue weighted by Crippen LogP contribution is -2.13. The van der Waals surface area contributed by atoms with Gasteiger partial charge < -0.3 is 10.1 Å². The van der Waals surface area contributed by atoms with Crippen LogP contribution in [0, 0.1) is 18.6 Å². The number of pyridine rings is 1. The van der Waals surface area contributed by atoms with Crippen molar-refractivity contribution in [3.05, 3.63) is 53.2 Å². The Morgan fingerprint density at radius 3 is 2.80 bits per heavy atom. The van der Waals surface area contributed by atoms with Crippen molar-refractivity contribution in [1.82, 2.24) is 10.3 Å². The van der Waals surface area contributed by atoms with Gasteiger partial charge in [0.25, 0.3) is 5.88 Å². The first-order valence-corrected chi connectivity index (χ1v) is 6.40. The van der Waals surface area contributed by atoms with Crippen LogP contribution in [-0.2, 0) is 6.54 Å². The molecule has 0 spiro atoms. The summed E-state index contributed by atoms with van der Waals surface area (Å²) in [5, 5.41) is 3.02. The average molecular weight is 278 g/mol. The molecule has 5 heteroatoms. The van der Waals surface area contributed by atoms with Crippen LogP contribution >= 0.6 is 0 Å². The highest BCUT2D eigenvalue weighted by molar-refractivity contribution is 5.34. The topological polar surface area (TPSA) is 34.2 Å². The van der Waals surface area contributed by atoms with Crippen LogP contribution in [0.4, 0.5) is 8.78 Å². The molecular formula is C15H16F2N2O. The molecule has 2 rings (SSSR count). The summed E-state index contributed by atoms with van der Waals surface area (Å²) in [5.74, 6) is -1.37. The maximum Gasteiger partial charge on any atom is 0.256 e. The quantitative estimate of drug-likeness (QED) is 0.908. The normalized spacial score (nSPS) is 10.6. The number of halogens is 2. The number of benzene rings is 1. The number of nitrogens with zero attached hydrogens (tertiary/aromatic N) is 1. The van der Waals surface area contributed by atoms with Crippen molar-refractivity contribution >= 4 is 0 Å². The Morgan fingerprint density at radius 1 is 1.25 bits per heavy atom.